The Labute approximate surface area is 87.2 Å². The number of thiophene rings is 1. The molecular formula is C10H13N3S. The topological polar surface area (TPSA) is 37.8 Å². The molecule has 0 fully saturated rings. The summed E-state index contributed by atoms with van der Waals surface area (Å²) >= 11 is 1.68. The van der Waals surface area contributed by atoms with Crippen LogP contribution in [0.4, 0.5) is 5.82 Å². The van der Waals surface area contributed by atoms with Crippen LogP contribution in [0.25, 0.3) is 10.2 Å². The van der Waals surface area contributed by atoms with Gasteiger partial charge in [-0.05, 0) is 32.2 Å². The van der Waals surface area contributed by atoms with E-state index < -0.39 is 0 Å². The summed E-state index contributed by atoms with van der Waals surface area (Å²) in [5, 5.41) is 5.38. The first kappa shape index (κ1) is 9.40. The Morgan fingerprint density at radius 1 is 1.36 bits per heavy atom. The van der Waals surface area contributed by atoms with Crippen LogP contribution in [0.5, 0.6) is 0 Å². The molecule has 0 saturated heterocycles. The summed E-state index contributed by atoms with van der Waals surface area (Å²) in [5.74, 6) is 1.77. The molecular weight excluding hydrogens is 194 g/mol. The number of anilines is 1. The van der Waals surface area contributed by atoms with Crippen LogP contribution in [0.2, 0.25) is 0 Å². The van der Waals surface area contributed by atoms with Gasteiger partial charge in [-0.1, -0.05) is 0 Å². The maximum absolute atomic E-state index is 4.40. The van der Waals surface area contributed by atoms with Crippen molar-refractivity contribution in [2.75, 3.05) is 5.32 Å². The van der Waals surface area contributed by atoms with E-state index in [1.165, 1.54) is 0 Å². The van der Waals surface area contributed by atoms with E-state index >= 15 is 0 Å². The maximum Gasteiger partial charge on any atom is 0.147 e. The number of nitrogens with zero attached hydrogens (tertiary/aromatic N) is 2. The Bertz CT molecular complexity index is 448. The molecule has 14 heavy (non-hydrogen) atoms. The second kappa shape index (κ2) is 3.53. The first-order valence-electron chi connectivity index (χ1n) is 4.65. The highest BCUT2D eigenvalue weighted by molar-refractivity contribution is 7.17. The zero-order valence-electron chi connectivity index (χ0n) is 8.53. The molecule has 0 unspecified atom stereocenters. The minimum absolute atomic E-state index is 0.398. The molecule has 0 radical (unpaired) electrons. The lowest BCUT2D eigenvalue weighted by Crippen LogP contribution is -2.11. The monoisotopic (exact) mass is 207 g/mol. The van der Waals surface area contributed by atoms with Crippen LogP contribution in [-0.2, 0) is 0 Å². The van der Waals surface area contributed by atoms with Crippen molar-refractivity contribution in [1.82, 2.24) is 9.97 Å². The fraction of sp³-hybridized carbons (Fsp3) is 0.400. The lowest BCUT2D eigenvalue weighted by molar-refractivity contribution is 0.887. The first-order chi connectivity index (χ1) is 6.66. The average Bonchev–Trinajstić information content (AvgIpc) is 2.50. The van der Waals surface area contributed by atoms with Crippen LogP contribution in [-0.4, -0.2) is 16.0 Å². The molecule has 2 aromatic rings. The van der Waals surface area contributed by atoms with E-state index in [1.807, 2.05) is 18.4 Å². The predicted octanol–water partition coefficient (Wildman–Crippen LogP) is 2.82. The van der Waals surface area contributed by atoms with Gasteiger partial charge in [-0.3, -0.25) is 0 Å². The van der Waals surface area contributed by atoms with Crippen molar-refractivity contribution in [3.8, 4) is 0 Å². The number of fused-ring (bicyclic) bond motifs is 1. The third kappa shape index (κ3) is 1.70. The van der Waals surface area contributed by atoms with Gasteiger partial charge in [-0.15, -0.1) is 11.3 Å². The van der Waals surface area contributed by atoms with E-state index in [2.05, 4.69) is 29.1 Å². The van der Waals surface area contributed by atoms with E-state index in [0.29, 0.717) is 6.04 Å². The molecule has 0 aliphatic heterocycles. The quantitative estimate of drug-likeness (QED) is 0.822. The summed E-state index contributed by atoms with van der Waals surface area (Å²) in [7, 11) is 0. The van der Waals surface area contributed by atoms with Crippen molar-refractivity contribution in [2.24, 2.45) is 0 Å². The number of aromatic nitrogens is 2. The normalized spacial score (nSPS) is 11.1. The van der Waals surface area contributed by atoms with Gasteiger partial charge in [0.15, 0.2) is 0 Å². The van der Waals surface area contributed by atoms with E-state index in [-0.39, 0.29) is 0 Å². The van der Waals surface area contributed by atoms with Crippen molar-refractivity contribution >= 4 is 27.4 Å². The third-order valence-corrected chi connectivity index (χ3v) is 2.75. The van der Waals surface area contributed by atoms with Gasteiger partial charge in [0, 0.05) is 6.04 Å². The van der Waals surface area contributed by atoms with Gasteiger partial charge in [0.2, 0.25) is 0 Å². The molecule has 0 saturated carbocycles. The lowest BCUT2D eigenvalue weighted by atomic mass is 10.3. The zero-order valence-corrected chi connectivity index (χ0v) is 9.35. The van der Waals surface area contributed by atoms with Gasteiger partial charge in [0.1, 0.15) is 11.6 Å². The highest BCUT2D eigenvalue weighted by Crippen LogP contribution is 2.26. The van der Waals surface area contributed by atoms with Crippen LogP contribution in [0.1, 0.15) is 19.7 Å². The van der Waals surface area contributed by atoms with Gasteiger partial charge in [-0.25, -0.2) is 9.97 Å². The number of nitrogens with one attached hydrogen (secondary N) is 1. The molecule has 3 nitrogen and oxygen atoms in total. The third-order valence-electron chi connectivity index (χ3n) is 1.84. The van der Waals surface area contributed by atoms with Gasteiger partial charge in [-0.2, -0.15) is 0 Å². The molecule has 2 aromatic heterocycles. The standard InChI is InChI=1S/C10H13N3S/c1-6(2)11-10-9-8(4-5-14-9)12-7(3)13-10/h4-6H,1-3H3,(H,11,12,13). The number of hydrogen-bond donors (Lipinski definition) is 1. The van der Waals surface area contributed by atoms with Crippen molar-refractivity contribution < 1.29 is 0 Å². The maximum atomic E-state index is 4.40. The van der Waals surface area contributed by atoms with Crippen LogP contribution >= 0.6 is 11.3 Å². The van der Waals surface area contributed by atoms with E-state index in [9.17, 15) is 0 Å². The summed E-state index contributed by atoms with van der Waals surface area (Å²) in [6, 6.07) is 2.43. The Kier molecular flexibility index (Phi) is 2.37. The Hall–Kier alpha value is -1.16. The van der Waals surface area contributed by atoms with Crippen LogP contribution in [0.15, 0.2) is 11.4 Å². The molecule has 74 valence electrons. The molecule has 0 bridgehead atoms. The smallest absolute Gasteiger partial charge is 0.147 e. The molecule has 0 aliphatic carbocycles. The fourth-order valence-electron chi connectivity index (χ4n) is 1.35. The lowest BCUT2D eigenvalue weighted by Gasteiger charge is -2.09. The summed E-state index contributed by atoms with van der Waals surface area (Å²) in [6.07, 6.45) is 0. The molecule has 0 amide bonds. The molecule has 1 N–H and O–H groups in total. The zero-order chi connectivity index (χ0) is 10.1. The summed E-state index contributed by atoms with van der Waals surface area (Å²) in [4.78, 5) is 8.76. The van der Waals surface area contributed by atoms with Gasteiger partial charge in [0.25, 0.3) is 0 Å². The molecule has 4 heteroatoms. The summed E-state index contributed by atoms with van der Waals surface area (Å²) in [5.41, 5.74) is 1.03. The molecule has 2 heterocycles. The predicted molar refractivity (Wildman–Crippen MR) is 60.9 cm³/mol. The Balaban J connectivity index is 2.55. The number of rotatable bonds is 2. The number of aryl methyl sites for hydroxylation is 1. The van der Waals surface area contributed by atoms with Crippen molar-refractivity contribution in [1.29, 1.82) is 0 Å². The Morgan fingerprint density at radius 2 is 2.14 bits per heavy atom. The van der Waals surface area contributed by atoms with Crippen LogP contribution < -0.4 is 5.32 Å². The van der Waals surface area contributed by atoms with Crippen molar-refractivity contribution in [3.05, 3.63) is 17.3 Å². The second-order valence-electron chi connectivity index (χ2n) is 3.55. The average molecular weight is 207 g/mol. The minimum Gasteiger partial charge on any atom is -0.367 e. The molecule has 2 rings (SSSR count). The van der Waals surface area contributed by atoms with Crippen molar-refractivity contribution in [3.63, 3.8) is 0 Å². The molecule has 0 aromatic carbocycles. The largest absolute Gasteiger partial charge is 0.367 e. The molecule has 0 aliphatic rings. The van der Waals surface area contributed by atoms with E-state index in [0.717, 1.165) is 21.9 Å². The highest BCUT2D eigenvalue weighted by Gasteiger charge is 2.07. The van der Waals surface area contributed by atoms with E-state index in [4.69, 9.17) is 0 Å². The van der Waals surface area contributed by atoms with Crippen molar-refractivity contribution in [2.45, 2.75) is 26.8 Å². The SMILES string of the molecule is Cc1nc(NC(C)C)c2sccc2n1. The number of hydrogen-bond acceptors (Lipinski definition) is 4. The highest BCUT2D eigenvalue weighted by atomic mass is 32.1. The molecule has 0 atom stereocenters. The van der Waals surface area contributed by atoms with Gasteiger partial charge >= 0.3 is 0 Å². The molecule has 0 spiro atoms. The second-order valence-corrected chi connectivity index (χ2v) is 4.47. The van der Waals surface area contributed by atoms with Crippen LogP contribution in [0.3, 0.4) is 0 Å². The summed E-state index contributed by atoms with van der Waals surface area (Å²) in [6.45, 7) is 6.14. The fourth-order valence-corrected chi connectivity index (χ4v) is 2.13. The van der Waals surface area contributed by atoms with Gasteiger partial charge < -0.3 is 5.32 Å². The summed E-state index contributed by atoms with van der Waals surface area (Å²) < 4.78 is 1.14. The van der Waals surface area contributed by atoms with Gasteiger partial charge in [0.05, 0.1) is 10.2 Å². The Morgan fingerprint density at radius 3 is 2.86 bits per heavy atom. The van der Waals surface area contributed by atoms with Crippen LogP contribution in [0, 0.1) is 6.92 Å². The minimum atomic E-state index is 0.398. The van der Waals surface area contributed by atoms with E-state index in [1.54, 1.807) is 11.3 Å². The first-order valence-corrected chi connectivity index (χ1v) is 5.53.